The maximum atomic E-state index is 5.51. The van der Waals surface area contributed by atoms with Crippen LogP contribution in [0.3, 0.4) is 0 Å². The second-order valence-electron chi connectivity index (χ2n) is 2.66. The predicted molar refractivity (Wildman–Crippen MR) is 61.3 cm³/mol. The lowest BCUT2D eigenvalue weighted by molar-refractivity contribution is 0.315. The van der Waals surface area contributed by atoms with E-state index in [1.165, 1.54) is 0 Å². The summed E-state index contributed by atoms with van der Waals surface area (Å²) in [5, 5.41) is 3.05. The summed E-state index contributed by atoms with van der Waals surface area (Å²) in [4.78, 5) is 0. The van der Waals surface area contributed by atoms with Crippen molar-refractivity contribution in [3.05, 3.63) is 28.7 Å². The molecule has 0 fully saturated rings. The number of halogens is 1. The van der Waals surface area contributed by atoms with Crippen molar-refractivity contribution >= 4 is 15.9 Å². The lowest BCUT2D eigenvalue weighted by Gasteiger charge is -2.07. The number of para-hydroxylation sites is 1. The van der Waals surface area contributed by atoms with Crippen LogP contribution >= 0.6 is 15.9 Å². The Labute approximate surface area is 92.8 Å². The molecule has 0 saturated heterocycles. The van der Waals surface area contributed by atoms with E-state index >= 15 is 0 Å². The van der Waals surface area contributed by atoms with E-state index < -0.39 is 0 Å². The van der Waals surface area contributed by atoms with Crippen LogP contribution in [-0.2, 0) is 0 Å². The fourth-order valence-corrected chi connectivity index (χ4v) is 1.35. The van der Waals surface area contributed by atoms with E-state index in [1.807, 2.05) is 24.3 Å². The monoisotopic (exact) mass is 253 g/mol. The molecule has 0 unspecified atom stereocenters. The second kappa shape index (κ2) is 6.47. The van der Waals surface area contributed by atoms with Crippen molar-refractivity contribution in [1.82, 2.24) is 5.32 Å². The van der Waals surface area contributed by atoms with Gasteiger partial charge < -0.3 is 10.1 Å². The van der Waals surface area contributed by atoms with E-state index in [1.54, 1.807) is 0 Å². The third-order valence-corrected chi connectivity index (χ3v) is 2.26. The van der Waals surface area contributed by atoms with E-state index in [0.29, 0.717) is 13.2 Å². The average molecular weight is 254 g/mol. The Hall–Kier alpha value is -0.980. The van der Waals surface area contributed by atoms with Crippen LogP contribution in [0.25, 0.3) is 0 Å². The molecule has 0 heterocycles. The van der Waals surface area contributed by atoms with Gasteiger partial charge in [0.05, 0.1) is 11.0 Å². The Balaban J connectivity index is 2.25. The van der Waals surface area contributed by atoms with E-state index in [9.17, 15) is 0 Å². The molecule has 1 rings (SSSR count). The molecule has 0 aromatic heterocycles. The molecule has 14 heavy (non-hydrogen) atoms. The number of hydrogen-bond acceptors (Lipinski definition) is 2. The van der Waals surface area contributed by atoms with E-state index in [4.69, 9.17) is 11.2 Å². The fourth-order valence-electron chi connectivity index (χ4n) is 0.956. The van der Waals surface area contributed by atoms with E-state index in [0.717, 1.165) is 16.8 Å². The third-order valence-electron chi connectivity index (χ3n) is 1.60. The summed E-state index contributed by atoms with van der Waals surface area (Å²) >= 11 is 3.40. The summed E-state index contributed by atoms with van der Waals surface area (Å²) in [5.41, 5.74) is 0. The number of nitrogens with one attached hydrogen (secondary N) is 1. The van der Waals surface area contributed by atoms with Gasteiger partial charge in [0.2, 0.25) is 0 Å². The third kappa shape index (κ3) is 3.82. The average Bonchev–Trinajstić information content (AvgIpc) is 2.20. The minimum absolute atomic E-state index is 0.583. The molecule has 3 heteroatoms. The van der Waals surface area contributed by atoms with Crippen molar-refractivity contribution in [3.8, 4) is 18.1 Å². The van der Waals surface area contributed by atoms with Crippen LogP contribution in [0.2, 0.25) is 0 Å². The Morgan fingerprint density at radius 1 is 1.43 bits per heavy atom. The summed E-state index contributed by atoms with van der Waals surface area (Å²) in [7, 11) is 0. The highest BCUT2D eigenvalue weighted by atomic mass is 79.9. The van der Waals surface area contributed by atoms with Crippen LogP contribution in [0.5, 0.6) is 5.75 Å². The summed E-state index contributed by atoms with van der Waals surface area (Å²) in [6.07, 6.45) is 5.09. The van der Waals surface area contributed by atoms with Gasteiger partial charge in [0.25, 0.3) is 0 Å². The molecule has 0 bridgehead atoms. The molecule has 0 radical (unpaired) electrons. The maximum absolute atomic E-state index is 5.51. The molecule has 0 aliphatic heterocycles. The van der Waals surface area contributed by atoms with Gasteiger partial charge in [-0.25, -0.2) is 0 Å². The molecule has 2 nitrogen and oxygen atoms in total. The molecule has 74 valence electrons. The Kier molecular flexibility index (Phi) is 5.13. The minimum Gasteiger partial charge on any atom is -0.491 e. The highest BCUT2D eigenvalue weighted by Gasteiger charge is 1.97. The summed E-state index contributed by atoms with van der Waals surface area (Å²) in [6.45, 7) is 1.95. The Morgan fingerprint density at radius 2 is 2.21 bits per heavy atom. The van der Waals surface area contributed by atoms with Crippen molar-refractivity contribution in [2.75, 3.05) is 19.7 Å². The fraction of sp³-hybridized carbons (Fsp3) is 0.273. The smallest absolute Gasteiger partial charge is 0.133 e. The van der Waals surface area contributed by atoms with Crippen molar-refractivity contribution in [2.24, 2.45) is 0 Å². The first-order valence-electron chi connectivity index (χ1n) is 4.36. The van der Waals surface area contributed by atoms with Crippen molar-refractivity contribution in [1.29, 1.82) is 0 Å². The van der Waals surface area contributed by atoms with Crippen LogP contribution in [0.15, 0.2) is 28.7 Å². The molecule has 1 N–H and O–H groups in total. The Bertz CT molecular complexity index is 319. The van der Waals surface area contributed by atoms with Gasteiger partial charge in [0, 0.05) is 6.54 Å². The highest BCUT2D eigenvalue weighted by molar-refractivity contribution is 9.10. The number of benzene rings is 1. The molecule has 1 aromatic carbocycles. The molecule has 0 aliphatic rings. The number of hydrogen-bond donors (Lipinski definition) is 1. The molecule has 0 saturated carbocycles. The molecule has 0 atom stereocenters. The first kappa shape index (κ1) is 11.1. The number of ether oxygens (including phenoxy) is 1. The topological polar surface area (TPSA) is 21.3 Å². The van der Waals surface area contributed by atoms with Crippen molar-refractivity contribution < 1.29 is 4.74 Å². The normalized spacial score (nSPS) is 9.43. The maximum Gasteiger partial charge on any atom is 0.133 e. The van der Waals surface area contributed by atoms with Crippen LogP contribution < -0.4 is 10.1 Å². The van der Waals surface area contributed by atoms with Gasteiger partial charge in [-0.1, -0.05) is 18.1 Å². The first-order chi connectivity index (χ1) is 6.84. The van der Waals surface area contributed by atoms with Gasteiger partial charge in [0.15, 0.2) is 0 Å². The number of rotatable bonds is 5. The van der Waals surface area contributed by atoms with Gasteiger partial charge in [-0.2, -0.15) is 0 Å². The van der Waals surface area contributed by atoms with Crippen LogP contribution in [0, 0.1) is 12.3 Å². The quantitative estimate of drug-likeness (QED) is 0.641. The summed E-state index contributed by atoms with van der Waals surface area (Å²) < 4.78 is 6.47. The predicted octanol–water partition coefficient (Wildman–Crippen LogP) is 2.05. The van der Waals surface area contributed by atoms with E-state index in [-0.39, 0.29) is 0 Å². The Morgan fingerprint density at radius 3 is 2.93 bits per heavy atom. The SMILES string of the molecule is C#CCNCCOc1ccccc1Br. The molecular formula is C11H12BrNO. The van der Waals surface area contributed by atoms with Crippen LogP contribution in [-0.4, -0.2) is 19.7 Å². The van der Waals surface area contributed by atoms with Gasteiger partial charge in [-0.05, 0) is 28.1 Å². The zero-order chi connectivity index (χ0) is 10.2. The van der Waals surface area contributed by atoms with Crippen LogP contribution in [0.4, 0.5) is 0 Å². The summed E-state index contributed by atoms with van der Waals surface area (Å²) in [6, 6.07) is 7.76. The van der Waals surface area contributed by atoms with Gasteiger partial charge >= 0.3 is 0 Å². The van der Waals surface area contributed by atoms with Crippen molar-refractivity contribution in [2.45, 2.75) is 0 Å². The molecule has 1 aromatic rings. The largest absolute Gasteiger partial charge is 0.491 e. The highest BCUT2D eigenvalue weighted by Crippen LogP contribution is 2.23. The standard InChI is InChI=1S/C11H12BrNO/c1-2-7-13-8-9-14-11-6-4-3-5-10(11)12/h1,3-6,13H,7-9H2. The van der Waals surface area contributed by atoms with Crippen molar-refractivity contribution in [3.63, 3.8) is 0 Å². The lowest BCUT2D eigenvalue weighted by Crippen LogP contribution is -2.21. The zero-order valence-electron chi connectivity index (χ0n) is 7.79. The molecule has 0 aliphatic carbocycles. The summed E-state index contributed by atoms with van der Waals surface area (Å²) in [5.74, 6) is 3.36. The molecule has 0 amide bonds. The first-order valence-corrected chi connectivity index (χ1v) is 5.15. The van der Waals surface area contributed by atoms with E-state index in [2.05, 4.69) is 27.2 Å². The number of terminal acetylenes is 1. The second-order valence-corrected chi connectivity index (χ2v) is 3.51. The zero-order valence-corrected chi connectivity index (χ0v) is 9.38. The van der Waals surface area contributed by atoms with Gasteiger partial charge in [-0.15, -0.1) is 6.42 Å². The van der Waals surface area contributed by atoms with Gasteiger partial charge in [-0.3, -0.25) is 0 Å². The molecule has 0 spiro atoms. The molecular weight excluding hydrogens is 242 g/mol. The lowest BCUT2D eigenvalue weighted by atomic mass is 10.3. The minimum atomic E-state index is 0.583. The van der Waals surface area contributed by atoms with Gasteiger partial charge in [0.1, 0.15) is 12.4 Å². The van der Waals surface area contributed by atoms with Crippen LogP contribution in [0.1, 0.15) is 0 Å².